The summed E-state index contributed by atoms with van der Waals surface area (Å²) in [5, 5.41) is 3.28. The molecule has 1 N–H and O–H groups in total. The smallest absolute Gasteiger partial charge is 0.255 e. The molecule has 35 heavy (non-hydrogen) atoms. The van der Waals surface area contributed by atoms with Gasteiger partial charge in [0.2, 0.25) is 0 Å². The van der Waals surface area contributed by atoms with Crippen LogP contribution in [-0.2, 0) is 0 Å². The van der Waals surface area contributed by atoms with Crippen molar-refractivity contribution < 1.29 is 19.1 Å². The van der Waals surface area contributed by atoms with Crippen LogP contribution in [-0.4, -0.2) is 48.2 Å². The summed E-state index contributed by atoms with van der Waals surface area (Å²) < 4.78 is 6.14. The predicted molar refractivity (Wildman–Crippen MR) is 136 cm³/mol. The molecule has 180 valence electrons. The summed E-state index contributed by atoms with van der Waals surface area (Å²) in [5.41, 5.74) is 1.28. The van der Waals surface area contributed by atoms with Crippen LogP contribution in [0, 0.1) is 0 Å². The third kappa shape index (κ3) is 6.02. The van der Waals surface area contributed by atoms with Gasteiger partial charge in [0.1, 0.15) is 11.9 Å². The first-order chi connectivity index (χ1) is 16.9. The van der Waals surface area contributed by atoms with Crippen LogP contribution in [0.25, 0.3) is 0 Å². The van der Waals surface area contributed by atoms with Gasteiger partial charge in [-0.2, -0.15) is 0 Å². The Balaban J connectivity index is 1.34. The molecule has 1 aliphatic rings. The lowest BCUT2D eigenvalue weighted by Crippen LogP contribution is -2.42. The van der Waals surface area contributed by atoms with Crippen LogP contribution in [0.15, 0.2) is 72.8 Å². The van der Waals surface area contributed by atoms with Crippen LogP contribution in [0.5, 0.6) is 5.75 Å². The Kier molecular flexibility index (Phi) is 8.06. The number of hydrogen-bond donors (Lipinski definition) is 1. The third-order valence-electron chi connectivity index (χ3n) is 5.84. The van der Waals surface area contributed by atoms with Gasteiger partial charge in [0.05, 0.1) is 27.7 Å². The molecule has 0 atom stereocenters. The molecular formula is C27H24Cl2N2O4. The van der Waals surface area contributed by atoms with Crippen molar-refractivity contribution in [1.82, 2.24) is 10.2 Å². The number of nitrogens with one attached hydrogen (secondary N) is 1. The number of carbonyl (C=O) groups excluding carboxylic acids is 3. The molecule has 6 nitrogen and oxygen atoms in total. The topological polar surface area (TPSA) is 75.7 Å². The first-order valence-corrected chi connectivity index (χ1v) is 12.0. The summed E-state index contributed by atoms with van der Waals surface area (Å²) in [5.74, 6) is -0.277. The summed E-state index contributed by atoms with van der Waals surface area (Å²) >= 11 is 12.3. The highest BCUT2D eigenvalue weighted by molar-refractivity contribution is 6.43. The van der Waals surface area contributed by atoms with Gasteiger partial charge < -0.3 is 15.0 Å². The van der Waals surface area contributed by atoms with Crippen molar-refractivity contribution in [2.24, 2.45) is 0 Å². The van der Waals surface area contributed by atoms with Crippen molar-refractivity contribution in [2.45, 2.75) is 18.9 Å². The fourth-order valence-electron chi connectivity index (χ4n) is 3.93. The van der Waals surface area contributed by atoms with Crippen LogP contribution in [0.4, 0.5) is 0 Å². The summed E-state index contributed by atoms with van der Waals surface area (Å²) in [7, 11) is 0. The second kappa shape index (κ2) is 11.4. The fraction of sp³-hybridized carbons (Fsp3) is 0.222. The molecule has 2 amide bonds. The number of halogens is 2. The maximum Gasteiger partial charge on any atom is 0.255 e. The van der Waals surface area contributed by atoms with E-state index >= 15 is 0 Å². The molecule has 0 bridgehead atoms. The number of ketones is 1. The molecule has 1 aliphatic heterocycles. The monoisotopic (exact) mass is 510 g/mol. The van der Waals surface area contributed by atoms with E-state index in [4.69, 9.17) is 27.9 Å². The molecule has 0 aromatic heterocycles. The maximum atomic E-state index is 12.9. The van der Waals surface area contributed by atoms with Crippen molar-refractivity contribution in [2.75, 3.05) is 19.6 Å². The average molecular weight is 511 g/mol. The lowest BCUT2D eigenvalue weighted by molar-refractivity contribution is 0.0593. The van der Waals surface area contributed by atoms with Crippen LogP contribution in [0.3, 0.4) is 0 Å². The molecule has 0 saturated carbocycles. The minimum Gasteiger partial charge on any atom is -0.489 e. The zero-order valence-corrected chi connectivity index (χ0v) is 20.4. The number of ether oxygens (including phenoxy) is 1. The van der Waals surface area contributed by atoms with E-state index in [1.807, 2.05) is 6.07 Å². The van der Waals surface area contributed by atoms with E-state index in [1.54, 1.807) is 71.6 Å². The van der Waals surface area contributed by atoms with E-state index in [-0.39, 0.29) is 35.3 Å². The molecule has 1 fully saturated rings. The van der Waals surface area contributed by atoms with E-state index in [9.17, 15) is 14.4 Å². The van der Waals surface area contributed by atoms with Crippen LogP contribution in [0.2, 0.25) is 10.0 Å². The standard InChI is InChI=1S/C27H24Cl2N2O4/c28-22-11-6-10-21(25(22)29)27(34)31-15-13-19(14-16-31)35-24-12-5-4-9-20(24)26(33)30-17-23(32)18-7-2-1-3-8-18/h1-12,19H,13-17H2,(H,30,33). The van der Waals surface area contributed by atoms with E-state index in [0.717, 1.165) is 0 Å². The highest BCUT2D eigenvalue weighted by atomic mass is 35.5. The van der Waals surface area contributed by atoms with Crippen molar-refractivity contribution in [3.8, 4) is 5.75 Å². The van der Waals surface area contributed by atoms with Gasteiger partial charge in [0.15, 0.2) is 5.78 Å². The second-order valence-electron chi connectivity index (χ2n) is 8.18. The molecule has 1 heterocycles. The largest absolute Gasteiger partial charge is 0.489 e. The highest BCUT2D eigenvalue weighted by Crippen LogP contribution is 2.28. The molecule has 8 heteroatoms. The Morgan fingerprint density at radius 2 is 1.51 bits per heavy atom. The number of piperidine rings is 1. The van der Waals surface area contributed by atoms with Gasteiger partial charge >= 0.3 is 0 Å². The Morgan fingerprint density at radius 3 is 2.26 bits per heavy atom. The summed E-state index contributed by atoms with van der Waals surface area (Å²) in [6.07, 6.45) is 1.05. The first kappa shape index (κ1) is 24.8. The molecule has 4 rings (SSSR count). The number of likely N-dealkylation sites (tertiary alicyclic amines) is 1. The maximum absolute atomic E-state index is 12.9. The molecule has 0 aliphatic carbocycles. The highest BCUT2D eigenvalue weighted by Gasteiger charge is 2.27. The van der Waals surface area contributed by atoms with Crippen molar-refractivity contribution in [1.29, 1.82) is 0 Å². The van der Waals surface area contributed by atoms with Gasteiger partial charge in [-0.05, 0) is 24.3 Å². The Labute approximate surface area is 213 Å². The first-order valence-electron chi connectivity index (χ1n) is 11.3. The fourth-order valence-corrected chi connectivity index (χ4v) is 4.32. The number of hydrogen-bond acceptors (Lipinski definition) is 4. The SMILES string of the molecule is O=C(CNC(=O)c1ccccc1OC1CCN(C(=O)c2cccc(Cl)c2Cl)CC1)c1ccccc1. The number of rotatable bonds is 7. The van der Waals surface area contributed by atoms with E-state index < -0.39 is 0 Å². The van der Waals surface area contributed by atoms with Gasteiger partial charge in [0.25, 0.3) is 11.8 Å². The van der Waals surface area contributed by atoms with Crippen LogP contribution < -0.4 is 10.1 Å². The molecule has 0 spiro atoms. The van der Waals surface area contributed by atoms with Gasteiger partial charge in [-0.3, -0.25) is 14.4 Å². The molecular weight excluding hydrogens is 487 g/mol. The molecule has 3 aromatic carbocycles. The van der Waals surface area contributed by atoms with Crippen molar-refractivity contribution in [3.05, 3.63) is 99.5 Å². The molecule has 3 aromatic rings. The number of benzene rings is 3. The Morgan fingerprint density at radius 1 is 0.857 bits per heavy atom. The quantitative estimate of drug-likeness (QED) is 0.438. The van der Waals surface area contributed by atoms with E-state index in [2.05, 4.69) is 5.32 Å². The third-order valence-corrected chi connectivity index (χ3v) is 6.66. The van der Waals surface area contributed by atoms with Gasteiger partial charge in [0, 0.05) is 31.5 Å². The lowest BCUT2D eigenvalue weighted by atomic mass is 10.1. The Bertz CT molecular complexity index is 1220. The zero-order valence-electron chi connectivity index (χ0n) is 18.9. The minimum atomic E-state index is -0.381. The average Bonchev–Trinajstić information content (AvgIpc) is 2.89. The number of para-hydroxylation sites is 1. The van der Waals surface area contributed by atoms with Crippen molar-refractivity contribution in [3.63, 3.8) is 0 Å². The number of nitrogens with zero attached hydrogens (tertiary/aromatic N) is 1. The molecule has 0 unspecified atom stereocenters. The van der Waals surface area contributed by atoms with Gasteiger partial charge in [-0.25, -0.2) is 0 Å². The second-order valence-corrected chi connectivity index (χ2v) is 8.96. The molecule has 0 radical (unpaired) electrons. The van der Waals surface area contributed by atoms with Gasteiger partial charge in [-0.15, -0.1) is 0 Å². The number of Topliss-reactive ketones (excluding diaryl/α,β-unsaturated/α-hetero) is 1. The van der Waals surface area contributed by atoms with Crippen LogP contribution >= 0.6 is 23.2 Å². The summed E-state index contributed by atoms with van der Waals surface area (Å²) in [4.78, 5) is 39.7. The predicted octanol–water partition coefficient (Wildman–Crippen LogP) is 5.29. The van der Waals surface area contributed by atoms with Gasteiger partial charge in [-0.1, -0.05) is 71.7 Å². The van der Waals surface area contributed by atoms with E-state index in [1.165, 1.54) is 0 Å². The minimum absolute atomic E-state index is 0.107. The number of carbonyl (C=O) groups is 3. The zero-order chi connectivity index (χ0) is 24.8. The van der Waals surface area contributed by atoms with E-state index in [0.29, 0.717) is 53.4 Å². The summed E-state index contributed by atoms with van der Waals surface area (Å²) in [6, 6.07) is 20.8. The normalized spacial score (nSPS) is 13.8. The van der Waals surface area contributed by atoms with Crippen LogP contribution in [0.1, 0.15) is 43.9 Å². The molecule has 1 saturated heterocycles. The Hall–Kier alpha value is -3.35. The lowest BCUT2D eigenvalue weighted by Gasteiger charge is -2.32. The van der Waals surface area contributed by atoms with Crippen molar-refractivity contribution >= 4 is 40.8 Å². The summed E-state index contributed by atoms with van der Waals surface area (Å²) in [6.45, 7) is 0.877. The number of amides is 2.